The minimum atomic E-state index is -4.10. The molecule has 124 valence electrons. The van der Waals surface area contributed by atoms with Crippen molar-refractivity contribution >= 4 is 56.7 Å². The van der Waals surface area contributed by atoms with Crippen LogP contribution in [0.3, 0.4) is 0 Å². The van der Waals surface area contributed by atoms with Gasteiger partial charge in [0.2, 0.25) is 0 Å². The number of rotatable bonds is 4. The zero-order valence-corrected chi connectivity index (χ0v) is 16.1. The number of hydrogen-bond donors (Lipinski definition) is 0. The second-order valence-corrected chi connectivity index (χ2v) is 7.98. The molecular weight excluding hydrogens is 403 g/mol. The number of nitrogens with zero attached hydrogens (tertiary/aromatic N) is 2. The smallest absolute Gasteiger partial charge is 0.270 e. The van der Waals surface area contributed by atoms with Crippen molar-refractivity contribution in [2.45, 2.75) is 17.0 Å². The number of hydrogen-bond acceptors (Lipinski definition) is 6. The molecule has 0 radical (unpaired) electrons. The van der Waals surface area contributed by atoms with Crippen molar-refractivity contribution in [2.24, 2.45) is 0 Å². The molecule has 10 heteroatoms. The van der Waals surface area contributed by atoms with E-state index in [0.29, 0.717) is 16.5 Å². The summed E-state index contributed by atoms with van der Waals surface area (Å²) in [5.74, 6) is 0. The van der Waals surface area contributed by atoms with Crippen molar-refractivity contribution in [3.63, 3.8) is 0 Å². The molecule has 0 saturated carbocycles. The summed E-state index contributed by atoms with van der Waals surface area (Å²) >= 11 is 19.8. The molecule has 23 heavy (non-hydrogen) atoms. The van der Waals surface area contributed by atoms with Gasteiger partial charge in [-0.05, 0) is 25.3 Å². The van der Waals surface area contributed by atoms with Crippen LogP contribution in [0.4, 0.5) is 0 Å². The van der Waals surface area contributed by atoms with Crippen molar-refractivity contribution in [2.75, 3.05) is 13.4 Å². The summed E-state index contributed by atoms with van der Waals surface area (Å²) in [6.45, 7) is 1.79. The normalized spacial score (nSPS) is 11.7. The fourth-order valence-corrected chi connectivity index (χ4v) is 4.61. The van der Waals surface area contributed by atoms with Gasteiger partial charge < -0.3 is 0 Å². The van der Waals surface area contributed by atoms with Crippen molar-refractivity contribution < 1.29 is 12.6 Å². The summed E-state index contributed by atoms with van der Waals surface area (Å²) in [6.07, 6.45) is 1.82. The molecule has 0 N–H and O–H groups in total. The van der Waals surface area contributed by atoms with E-state index in [-0.39, 0.29) is 25.5 Å². The third-order valence-electron chi connectivity index (χ3n) is 2.87. The third-order valence-corrected chi connectivity index (χ3v) is 5.98. The van der Waals surface area contributed by atoms with Gasteiger partial charge >= 0.3 is 0 Å². The molecule has 5 nitrogen and oxygen atoms in total. The van der Waals surface area contributed by atoms with Gasteiger partial charge in [-0.3, -0.25) is 4.18 Å². The van der Waals surface area contributed by atoms with Gasteiger partial charge in [0.05, 0.1) is 27.9 Å². The number of benzene rings is 1. The van der Waals surface area contributed by atoms with E-state index in [4.69, 9.17) is 34.8 Å². The Morgan fingerprint density at radius 2 is 1.78 bits per heavy atom. The molecule has 0 spiro atoms. The molecule has 0 saturated heterocycles. The van der Waals surface area contributed by atoms with E-state index < -0.39 is 10.1 Å². The lowest BCUT2D eigenvalue weighted by atomic mass is 10.1. The van der Waals surface area contributed by atoms with Crippen LogP contribution in [0.5, 0.6) is 0 Å². The first-order chi connectivity index (χ1) is 10.7. The summed E-state index contributed by atoms with van der Waals surface area (Å²) in [7, 11) is -3.08. The highest BCUT2D eigenvalue weighted by atomic mass is 35.5. The fourth-order valence-electron chi connectivity index (χ4n) is 1.88. The Hall–Kier alpha value is -0.570. The Labute approximate surface area is 153 Å². The Morgan fingerprint density at radius 1 is 1.13 bits per heavy atom. The fraction of sp³-hybridized carbons (Fsp3) is 0.231. The number of aryl methyl sites for hydroxylation is 1. The van der Waals surface area contributed by atoms with Crippen LogP contribution in [-0.2, 0) is 14.3 Å². The molecule has 0 atom stereocenters. The molecule has 0 aliphatic carbocycles. The molecule has 0 unspecified atom stereocenters. The van der Waals surface area contributed by atoms with Crippen molar-refractivity contribution in [1.82, 2.24) is 9.97 Å². The molecule has 0 amide bonds. The van der Waals surface area contributed by atoms with Crippen molar-refractivity contribution in [3.8, 4) is 11.3 Å². The minimum absolute atomic E-state index is 0.124. The molecule has 0 aliphatic rings. The minimum Gasteiger partial charge on any atom is -0.270 e. The highest BCUT2D eigenvalue weighted by Gasteiger charge is 2.27. The molecule has 1 aromatic heterocycles. The highest BCUT2D eigenvalue weighted by molar-refractivity contribution is 7.98. The monoisotopic (exact) mass is 412 g/mol. The van der Waals surface area contributed by atoms with Gasteiger partial charge in [0, 0.05) is 11.3 Å². The quantitative estimate of drug-likeness (QED) is 0.418. The first-order valence-electron chi connectivity index (χ1n) is 6.09. The van der Waals surface area contributed by atoms with E-state index in [2.05, 4.69) is 14.2 Å². The predicted molar refractivity (Wildman–Crippen MR) is 93.2 cm³/mol. The maximum Gasteiger partial charge on any atom is 0.299 e. The zero-order chi connectivity index (χ0) is 17.4. The zero-order valence-electron chi connectivity index (χ0n) is 12.2. The molecular formula is C13H11Cl3N2O3S2. The van der Waals surface area contributed by atoms with Gasteiger partial charge in [0.25, 0.3) is 10.1 Å². The van der Waals surface area contributed by atoms with Gasteiger partial charge in [-0.1, -0.05) is 46.6 Å². The second-order valence-electron chi connectivity index (χ2n) is 4.36. The highest BCUT2D eigenvalue weighted by Crippen LogP contribution is 2.42. The van der Waals surface area contributed by atoms with Crippen molar-refractivity contribution in [1.29, 1.82) is 0 Å². The standard InChI is InChI=1S/C13H11Cl3N2O3S2/c1-6-4-9(18-13(17-6)22-3)10-7(14)5-8(15)12(11(10)16)23(19,20)21-2/h4-5H,1-3H3. The van der Waals surface area contributed by atoms with Gasteiger partial charge in [0.15, 0.2) is 5.16 Å². The maximum absolute atomic E-state index is 12.1. The molecule has 2 aromatic rings. The van der Waals surface area contributed by atoms with Crippen LogP contribution < -0.4 is 0 Å². The third kappa shape index (κ3) is 3.75. The second kappa shape index (κ2) is 7.13. The van der Waals surface area contributed by atoms with Crippen LogP contribution in [-0.4, -0.2) is 31.8 Å². The topological polar surface area (TPSA) is 69.2 Å². The SMILES string of the molecule is COS(=O)(=O)c1c(Cl)cc(Cl)c(-c2cc(C)nc(SC)n2)c1Cl. The maximum atomic E-state index is 12.1. The van der Waals surface area contributed by atoms with Gasteiger partial charge in [0.1, 0.15) is 4.90 Å². The van der Waals surface area contributed by atoms with E-state index in [0.717, 1.165) is 7.11 Å². The lowest BCUT2D eigenvalue weighted by Gasteiger charge is -2.13. The number of thioether (sulfide) groups is 1. The van der Waals surface area contributed by atoms with Crippen LogP contribution in [0.2, 0.25) is 15.1 Å². The summed E-state index contributed by atoms with van der Waals surface area (Å²) in [5.41, 5.74) is 1.35. The van der Waals surface area contributed by atoms with Crippen molar-refractivity contribution in [3.05, 3.63) is 32.9 Å². The average molecular weight is 414 g/mol. The predicted octanol–water partition coefficient (Wildman–Crippen LogP) is 4.47. The molecule has 0 aliphatic heterocycles. The van der Waals surface area contributed by atoms with Crippen LogP contribution >= 0.6 is 46.6 Å². The van der Waals surface area contributed by atoms with E-state index in [1.165, 1.54) is 17.8 Å². The van der Waals surface area contributed by atoms with E-state index in [1.807, 2.05) is 6.26 Å². The Balaban J connectivity index is 2.84. The van der Waals surface area contributed by atoms with E-state index in [1.54, 1.807) is 13.0 Å². The summed E-state index contributed by atoms with van der Waals surface area (Å²) in [5, 5.41) is 0.425. The van der Waals surface area contributed by atoms with Gasteiger partial charge in [-0.25, -0.2) is 9.97 Å². The van der Waals surface area contributed by atoms with E-state index >= 15 is 0 Å². The molecule has 2 rings (SSSR count). The Morgan fingerprint density at radius 3 is 2.35 bits per heavy atom. The summed E-state index contributed by atoms with van der Waals surface area (Å²) in [6, 6.07) is 2.95. The molecule has 0 bridgehead atoms. The largest absolute Gasteiger partial charge is 0.299 e. The molecule has 1 heterocycles. The van der Waals surface area contributed by atoms with Crippen LogP contribution in [0.15, 0.2) is 22.2 Å². The first kappa shape index (κ1) is 18.8. The average Bonchev–Trinajstić information content (AvgIpc) is 2.45. The van der Waals surface area contributed by atoms with Crippen LogP contribution in [0.1, 0.15) is 5.69 Å². The lowest BCUT2D eigenvalue weighted by molar-refractivity contribution is 0.398. The van der Waals surface area contributed by atoms with Gasteiger partial charge in [-0.15, -0.1) is 0 Å². The lowest BCUT2D eigenvalue weighted by Crippen LogP contribution is -2.06. The molecule has 0 fully saturated rings. The molecule has 1 aromatic carbocycles. The Bertz CT molecular complexity index is 873. The Kier molecular flexibility index (Phi) is 5.81. The first-order valence-corrected chi connectivity index (χ1v) is 9.86. The number of aromatic nitrogens is 2. The summed E-state index contributed by atoms with van der Waals surface area (Å²) in [4.78, 5) is 8.22. The number of halogens is 3. The van der Waals surface area contributed by atoms with Crippen LogP contribution in [0, 0.1) is 6.92 Å². The summed E-state index contributed by atoms with van der Waals surface area (Å²) < 4.78 is 28.6. The van der Waals surface area contributed by atoms with Crippen LogP contribution in [0.25, 0.3) is 11.3 Å². The van der Waals surface area contributed by atoms with Gasteiger partial charge in [-0.2, -0.15) is 8.42 Å². The van der Waals surface area contributed by atoms with E-state index in [9.17, 15) is 8.42 Å².